The van der Waals surface area contributed by atoms with Gasteiger partial charge in [0.25, 0.3) is 0 Å². The average Bonchev–Trinajstić information content (AvgIpc) is 2.30. The molecule has 2 nitrogen and oxygen atoms in total. The van der Waals surface area contributed by atoms with E-state index < -0.39 is 11.4 Å². The van der Waals surface area contributed by atoms with Gasteiger partial charge in [0.2, 0.25) is 0 Å². The Hall–Kier alpha value is -1.83. The third-order valence-electron chi connectivity index (χ3n) is 2.90. The Morgan fingerprint density at radius 2 is 1.39 bits per heavy atom. The molecule has 1 N–H and O–H groups in total. The van der Waals surface area contributed by atoms with Crippen molar-refractivity contribution >= 4 is 5.97 Å². The van der Waals surface area contributed by atoms with Crippen LogP contribution in [0.2, 0.25) is 0 Å². The second-order valence-corrected chi connectivity index (χ2v) is 4.21. The lowest BCUT2D eigenvalue weighted by Gasteiger charge is -2.32. The van der Waals surface area contributed by atoms with Crippen LogP contribution in [0.1, 0.15) is 25.7 Å². The average molecular weight is 246 g/mol. The monoisotopic (exact) mass is 246 g/mol. The minimum atomic E-state index is -0.901. The van der Waals surface area contributed by atoms with E-state index in [0.717, 1.165) is 0 Å². The molecule has 0 heterocycles. The van der Waals surface area contributed by atoms with Gasteiger partial charge in [0.1, 0.15) is 0 Å². The summed E-state index contributed by atoms with van der Waals surface area (Å²) in [6.07, 6.45) is 10.9. The second kappa shape index (κ2) is 8.29. The number of carboxylic acids is 1. The Kier molecular flexibility index (Phi) is 7.45. The molecule has 0 aliphatic heterocycles. The number of rotatable bonds is 10. The molecule has 0 rings (SSSR count). The van der Waals surface area contributed by atoms with E-state index in [1.807, 2.05) is 0 Å². The third-order valence-corrected chi connectivity index (χ3v) is 2.90. The Bertz CT molecular complexity index is 335. The molecule has 0 aliphatic carbocycles. The van der Waals surface area contributed by atoms with Crippen molar-refractivity contribution < 1.29 is 9.90 Å². The van der Waals surface area contributed by atoms with Crippen LogP contribution in [-0.4, -0.2) is 11.1 Å². The zero-order chi connectivity index (χ0) is 14.0. The first-order valence-corrected chi connectivity index (χ1v) is 5.95. The van der Waals surface area contributed by atoms with Gasteiger partial charge in [-0.15, -0.1) is 26.3 Å². The lowest BCUT2D eigenvalue weighted by Crippen LogP contribution is -2.27. The summed E-state index contributed by atoms with van der Waals surface area (Å²) in [4.78, 5) is 11.5. The fourth-order valence-corrected chi connectivity index (χ4v) is 2.14. The Labute approximate surface area is 110 Å². The van der Waals surface area contributed by atoms with Crippen molar-refractivity contribution in [3.05, 3.63) is 62.3 Å². The first kappa shape index (κ1) is 16.2. The van der Waals surface area contributed by atoms with Crippen molar-refractivity contribution in [1.82, 2.24) is 0 Å². The van der Waals surface area contributed by atoms with Gasteiger partial charge in [0, 0.05) is 11.0 Å². The van der Waals surface area contributed by atoms with Gasteiger partial charge in [-0.05, 0) is 25.7 Å². The molecule has 0 unspecified atom stereocenters. The molecular formula is C16H22O2. The van der Waals surface area contributed by atoms with E-state index in [2.05, 4.69) is 26.3 Å². The number of allylic oxidation sites excluding steroid dienone is 5. The summed E-state index contributed by atoms with van der Waals surface area (Å²) >= 11 is 0. The quantitative estimate of drug-likeness (QED) is 0.461. The van der Waals surface area contributed by atoms with Crippen LogP contribution in [0, 0.1) is 5.41 Å². The highest BCUT2D eigenvalue weighted by atomic mass is 16.4. The number of hydrogen-bond acceptors (Lipinski definition) is 1. The van der Waals surface area contributed by atoms with E-state index in [9.17, 15) is 9.90 Å². The number of aliphatic carboxylic acids is 1. The summed E-state index contributed by atoms with van der Waals surface area (Å²) in [5.41, 5.74) is -0.109. The summed E-state index contributed by atoms with van der Waals surface area (Å²) < 4.78 is 0. The lowest BCUT2D eigenvalue weighted by atomic mass is 9.71. The van der Waals surface area contributed by atoms with Gasteiger partial charge in [-0.3, -0.25) is 0 Å². The van der Waals surface area contributed by atoms with Crippen LogP contribution in [0.3, 0.4) is 0 Å². The summed E-state index contributed by atoms with van der Waals surface area (Å²) in [6.45, 7) is 14.8. The summed E-state index contributed by atoms with van der Waals surface area (Å²) in [5, 5.41) is 9.41. The van der Waals surface area contributed by atoms with Crippen LogP contribution in [0.15, 0.2) is 62.3 Å². The van der Waals surface area contributed by atoms with Crippen LogP contribution in [0.5, 0.6) is 0 Å². The molecule has 0 amide bonds. The Morgan fingerprint density at radius 3 is 1.67 bits per heavy atom. The maximum absolute atomic E-state index is 11.5. The smallest absolute Gasteiger partial charge is 0.331 e. The lowest BCUT2D eigenvalue weighted by molar-refractivity contribution is -0.134. The minimum absolute atomic E-state index is 0.391. The minimum Gasteiger partial charge on any atom is -0.478 e. The van der Waals surface area contributed by atoms with Crippen molar-refractivity contribution in [3.63, 3.8) is 0 Å². The van der Waals surface area contributed by atoms with Gasteiger partial charge in [-0.25, -0.2) is 4.79 Å². The molecule has 98 valence electrons. The molecule has 0 aromatic rings. The van der Waals surface area contributed by atoms with Crippen LogP contribution < -0.4 is 0 Å². The summed E-state index contributed by atoms with van der Waals surface area (Å²) in [5.74, 6) is -0.901. The largest absolute Gasteiger partial charge is 0.478 e. The molecular weight excluding hydrogens is 224 g/mol. The highest BCUT2D eigenvalue weighted by molar-refractivity contribution is 5.88. The molecule has 0 spiro atoms. The molecule has 18 heavy (non-hydrogen) atoms. The van der Waals surface area contributed by atoms with E-state index in [-0.39, 0.29) is 0 Å². The predicted octanol–water partition coefficient (Wildman–Crippen LogP) is 4.29. The normalized spacial score (nSPS) is 11.7. The molecule has 0 bridgehead atoms. The third kappa shape index (κ3) is 4.21. The van der Waals surface area contributed by atoms with E-state index in [4.69, 9.17) is 0 Å². The summed E-state index contributed by atoms with van der Waals surface area (Å²) in [7, 11) is 0. The molecule has 0 saturated carbocycles. The number of carbonyl (C=O) groups is 1. The Morgan fingerprint density at radius 1 is 0.944 bits per heavy atom. The fourth-order valence-electron chi connectivity index (χ4n) is 2.14. The van der Waals surface area contributed by atoms with E-state index in [1.165, 1.54) is 0 Å². The van der Waals surface area contributed by atoms with Gasteiger partial charge in [-0.1, -0.05) is 30.4 Å². The molecule has 0 fully saturated rings. The number of hydrogen-bond donors (Lipinski definition) is 1. The fraction of sp³-hybridized carbons (Fsp3) is 0.312. The van der Waals surface area contributed by atoms with Gasteiger partial charge in [0.05, 0.1) is 0 Å². The Balaban J connectivity index is 5.62. The molecule has 2 heteroatoms. The van der Waals surface area contributed by atoms with Crippen LogP contribution in [0.4, 0.5) is 0 Å². The molecule has 0 saturated heterocycles. The maximum atomic E-state index is 11.5. The first-order chi connectivity index (χ1) is 8.57. The molecule has 0 aromatic carbocycles. The van der Waals surface area contributed by atoms with Gasteiger partial charge >= 0.3 is 5.97 Å². The summed E-state index contributed by atoms with van der Waals surface area (Å²) in [6, 6.07) is 0. The van der Waals surface area contributed by atoms with Crippen molar-refractivity contribution in [1.29, 1.82) is 0 Å². The van der Waals surface area contributed by atoms with E-state index in [1.54, 1.807) is 30.4 Å². The van der Waals surface area contributed by atoms with Gasteiger partial charge < -0.3 is 5.11 Å². The molecule has 0 aromatic heterocycles. The number of carboxylic acid groups (broad SMARTS) is 1. The van der Waals surface area contributed by atoms with Crippen LogP contribution >= 0.6 is 0 Å². The standard InChI is InChI=1S/C16H22O2/c1-5-9-10-14(15(17)18)16(11-6-2,12-7-3)13-8-4/h5-8,10H,1-4,9,11-13H2,(H,17,18). The van der Waals surface area contributed by atoms with E-state index >= 15 is 0 Å². The predicted molar refractivity (Wildman–Crippen MR) is 77.4 cm³/mol. The van der Waals surface area contributed by atoms with E-state index in [0.29, 0.717) is 31.3 Å². The van der Waals surface area contributed by atoms with Crippen LogP contribution in [-0.2, 0) is 4.79 Å². The highest BCUT2D eigenvalue weighted by Crippen LogP contribution is 2.40. The SMILES string of the molecule is C=CCC=C(C(=O)O)C(CC=C)(CC=C)CC=C. The molecule has 0 atom stereocenters. The van der Waals surface area contributed by atoms with Crippen molar-refractivity contribution in [3.8, 4) is 0 Å². The van der Waals surface area contributed by atoms with Crippen molar-refractivity contribution in [2.24, 2.45) is 5.41 Å². The maximum Gasteiger partial charge on any atom is 0.331 e. The highest BCUT2D eigenvalue weighted by Gasteiger charge is 2.34. The molecule has 0 aliphatic rings. The zero-order valence-corrected chi connectivity index (χ0v) is 10.9. The first-order valence-electron chi connectivity index (χ1n) is 5.95. The van der Waals surface area contributed by atoms with Gasteiger partial charge in [-0.2, -0.15) is 0 Å². The topological polar surface area (TPSA) is 37.3 Å². The van der Waals surface area contributed by atoms with Crippen LogP contribution in [0.25, 0.3) is 0 Å². The van der Waals surface area contributed by atoms with Crippen molar-refractivity contribution in [2.75, 3.05) is 0 Å². The van der Waals surface area contributed by atoms with Crippen molar-refractivity contribution in [2.45, 2.75) is 25.7 Å². The molecule has 0 radical (unpaired) electrons. The second-order valence-electron chi connectivity index (χ2n) is 4.21. The van der Waals surface area contributed by atoms with Gasteiger partial charge in [0.15, 0.2) is 0 Å². The zero-order valence-electron chi connectivity index (χ0n) is 10.9.